The van der Waals surface area contributed by atoms with E-state index in [9.17, 15) is 4.79 Å². The molecule has 3 heteroatoms. The second kappa shape index (κ2) is 3.95. The molecule has 3 nitrogen and oxygen atoms in total. The highest BCUT2D eigenvalue weighted by atomic mass is 16.1. The van der Waals surface area contributed by atoms with Crippen LogP contribution in [0.4, 0.5) is 0 Å². The predicted octanol–water partition coefficient (Wildman–Crippen LogP) is 2.09. The first-order valence-electron chi connectivity index (χ1n) is 6.35. The van der Waals surface area contributed by atoms with E-state index in [2.05, 4.69) is 28.6 Å². The van der Waals surface area contributed by atoms with Gasteiger partial charge >= 0.3 is 0 Å². The van der Waals surface area contributed by atoms with Gasteiger partial charge in [-0.25, -0.2) is 0 Å². The van der Waals surface area contributed by atoms with E-state index in [1.54, 1.807) is 0 Å². The third-order valence-electron chi connectivity index (χ3n) is 3.87. The Kier molecular flexibility index (Phi) is 2.52. The second-order valence-corrected chi connectivity index (χ2v) is 5.43. The fourth-order valence-corrected chi connectivity index (χ4v) is 3.08. The number of carbonyl (C=O) groups excluding carboxylic acids is 1. The zero-order valence-corrected chi connectivity index (χ0v) is 11.1. The standard InChI is InChI=1S/C15H18N2O/c1-16(2)9-10-8-13-14(15(10)18)11-6-4-5-7-12(11)17(13)3/h4-7,10H,8-9H2,1-3H3. The van der Waals surface area contributed by atoms with E-state index in [1.807, 2.05) is 26.2 Å². The Morgan fingerprint density at radius 3 is 2.78 bits per heavy atom. The highest BCUT2D eigenvalue weighted by Gasteiger charge is 2.35. The fraction of sp³-hybridized carbons (Fsp3) is 0.400. The van der Waals surface area contributed by atoms with E-state index in [4.69, 9.17) is 0 Å². The summed E-state index contributed by atoms with van der Waals surface area (Å²) in [5, 5.41) is 1.11. The molecular weight excluding hydrogens is 224 g/mol. The SMILES string of the molecule is CN(C)CC1Cc2c(c3ccccc3n2C)C1=O. The van der Waals surface area contributed by atoms with E-state index < -0.39 is 0 Å². The lowest BCUT2D eigenvalue weighted by Crippen LogP contribution is -2.25. The molecule has 0 saturated heterocycles. The summed E-state index contributed by atoms with van der Waals surface area (Å²) in [6.07, 6.45) is 0.873. The third-order valence-corrected chi connectivity index (χ3v) is 3.87. The monoisotopic (exact) mass is 242 g/mol. The number of hydrogen-bond donors (Lipinski definition) is 0. The average molecular weight is 242 g/mol. The molecule has 0 N–H and O–H groups in total. The fourth-order valence-electron chi connectivity index (χ4n) is 3.08. The maximum atomic E-state index is 12.5. The van der Waals surface area contributed by atoms with Crippen LogP contribution in [0.25, 0.3) is 10.9 Å². The third kappa shape index (κ3) is 1.51. The van der Waals surface area contributed by atoms with Gasteiger partial charge in [0.15, 0.2) is 5.78 Å². The van der Waals surface area contributed by atoms with Crippen LogP contribution in [-0.4, -0.2) is 35.9 Å². The lowest BCUT2D eigenvalue weighted by molar-refractivity contribution is 0.0918. The van der Waals surface area contributed by atoms with Gasteiger partial charge in [0.1, 0.15) is 0 Å². The number of aromatic nitrogens is 1. The molecular formula is C15H18N2O. The molecule has 0 spiro atoms. The largest absolute Gasteiger partial charge is 0.347 e. The van der Waals surface area contributed by atoms with E-state index in [-0.39, 0.29) is 5.92 Å². The quantitative estimate of drug-likeness (QED) is 0.805. The molecule has 0 radical (unpaired) electrons. The first kappa shape index (κ1) is 11.5. The maximum Gasteiger partial charge on any atom is 0.170 e. The van der Waals surface area contributed by atoms with Crippen LogP contribution < -0.4 is 0 Å². The van der Waals surface area contributed by atoms with Crippen molar-refractivity contribution in [1.29, 1.82) is 0 Å². The van der Waals surface area contributed by atoms with Crippen molar-refractivity contribution in [3.8, 4) is 0 Å². The van der Waals surface area contributed by atoms with Crippen molar-refractivity contribution in [1.82, 2.24) is 9.47 Å². The van der Waals surface area contributed by atoms with Crippen molar-refractivity contribution < 1.29 is 4.79 Å². The van der Waals surface area contributed by atoms with Crippen LogP contribution in [0.15, 0.2) is 24.3 Å². The molecule has 94 valence electrons. The van der Waals surface area contributed by atoms with E-state index >= 15 is 0 Å². The summed E-state index contributed by atoms with van der Waals surface area (Å²) in [7, 11) is 6.11. The summed E-state index contributed by atoms with van der Waals surface area (Å²) in [6, 6.07) is 8.18. The van der Waals surface area contributed by atoms with E-state index in [1.165, 1.54) is 11.2 Å². The van der Waals surface area contributed by atoms with Gasteiger partial charge in [0, 0.05) is 41.7 Å². The predicted molar refractivity (Wildman–Crippen MR) is 73.0 cm³/mol. The summed E-state index contributed by atoms with van der Waals surface area (Å²) in [5.41, 5.74) is 3.33. The van der Waals surface area contributed by atoms with Gasteiger partial charge in [-0.05, 0) is 26.6 Å². The number of carbonyl (C=O) groups is 1. The topological polar surface area (TPSA) is 25.2 Å². The Balaban J connectivity index is 2.12. The minimum Gasteiger partial charge on any atom is -0.347 e. The van der Waals surface area contributed by atoms with Crippen molar-refractivity contribution >= 4 is 16.7 Å². The van der Waals surface area contributed by atoms with Crippen LogP contribution in [0.5, 0.6) is 0 Å². The number of fused-ring (bicyclic) bond motifs is 3. The smallest absolute Gasteiger partial charge is 0.170 e. The molecule has 1 aromatic carbocycles. The molecule has 2 aromatic rings. The van der Waals surface area contributed by atoms with Gasteiger partial charge < -0.3 is 9.47 Å². The molecule has 1 unspecified atom stereocenters. The Hall–Kier alpha value is -1.61. The number of benzene rings is 1. The van der Waals surface area contributed by atoms with Crippen LogP contribution in [0.1, 0.15) is 16.1 Å². The summed E-state index contributed by atoms with van der Waals surface area (Å²) in [6.45, 7) is 0.835. The normalized spacial score (nSPS) is 18.9. The zero-order chi connectivity index (χ0) is 12.9. The van der Waals surface area contributed by atoms with E-state index in [0.717, 1.165) is 23.9 Å². The molecule has 1 aliphatic rings. The summed E-state index contributed by atoms with van der Waals surface area (Å²) < 4.78 is 2.18. The Labute approximate surface area is 107 Å². The van der Waals surface area contributed by atoms with Crippen molar-refractivity contribution in [2.75, 3.05) is 20.6 Å². The van der Waals surface area contributed by atoms with Gasteiger partial charge in [0.2, 0.25) is 0 Å². The van der Waals surface area contributed by atoms with Crippen molar-refractivity contribution in [2.24, 2.45) is 13.0 Å². The number of rotatable bonds is 2. The summed E-state index contributed by atoms with van der Waals surface area (Å²) >= 11 is 0. The van der Waals surface area contributed by atoms with Crippen molar-refractivity contribution in [3.63, 3.8) is 0 Å². The van der Waals surface area contributed by atoms with Crippen molar-refractivity contribution in [2.45, 2.75) is 6.42 Å². The number of para-hydroxylation sites is 1. The molecule has 1 heterocycles. The molecule has 0 saturated carbocycles. The highest BCUT2D eigenvalue weighted by Crippen LogP contribution is 2.35. The van der Waals surface area contributed by atoms with Crippen LogP contribution in [0.3, 0.4) is 0 Å². The highest BCUT2D eigenvalue weighted by molar-refractivity contribution is 6.12. The van der Waals surface area contributed by atoms with Crippen LogP contribution >= 0.6 is 0 Å². The van der Waals surface area contributed by atoms with Gasteiger partial charge in [0.05, 0.1) is 0 Å². The van der Waals surface area contributed by atoms with Crippen LogP contribution in [0, 0.1) is 5.92 Å². The lowest BCUT2D eigenvalue weighted by Gasteiger charge is -2.15. The minimum absolute atomic E-state index is 0.126. The Morgan fingerprint density at radius 2 is 2.06 bits per heavy atom. The summed E-state index contributed by atoms with van der Waals surface area (Å²) in [4.78, 5) is 14.6. The lowest BCUT2D eigenvalue weighted by atomic mass is 10.0. The molecule has 1 aliphatic carbocycles. The molecule has 0 fully saturated rings. The average Bonchev–Trinajstić information content (AvgIpc) is 2.79. The number of aryl methyl sites for hydroxylation is 1. The van der Waals surface area contributed by atoms with Gasteiger partial charge in [-0.15, -0.1) is 0 Å². The molecule has 0 amide bonds. The van der Waals surface area contributed by atoms with Gasteiger partial charge in [-0.1, -0.05) is 18.2 Å². The Bertz CT molecular complexity index is 625. The first-order chi connectivity index (χ1) is 8.59. The number of Topliss-reactive ketones (excluding diaryl/α,β-unsaturated/α-hetero) is 1. The maximum absolute atomic E-state index is 12.5. The summed E-state index contributed by atoms with van der Waals surface area (Å²) in [5.74, 6) is 0.441. The van der Waals surface area contributed by atoms with Crippen LogP contribution in [-0.2, 0) is 13.5 Å². The number of ketones is 1. The van der Waals surface area contributed by atoms with Gasteiger partial charge in [-0.3, -0.25) is 4.79 Å². The van der Waals surface area contributed by atoms with Crippen molar-refractivity contribution in [3.05, 3.63) is 35.5 Å². The molecule has 3 rings (SSSR count). The number of nitrogens with zero attached hydrogens (tertiary/aromatic N) is 2. The molecule has 0 bridgehead atoms. The molecule has 1 atom stereocenters. The van der Waals surface area contributed by atoms with E-state index in [0.29, 0.717) is 5.78 Å². The molecule has 1 aromatic heterocycles. The Morgan fingerprint density at radius 1 is 1.33 bits per heavy atom. The van der Waals surface area contributed by atoms with Gasteiger partial charge in [0.25, 0.3) is 0 Å². The molecule has 0 aliphatic heterocycles. The minimum atomic E-state index is 0.126. The first-order valence-corrected chi connectivity index (χ1v) is 6.35. The zero-order valence-electron chi connectivity index (χ0n) is 11.1. The number of hydrogen-bond acceptors (Lipinski definition) is 2. The van der Waals surface area contributed by atoms with Gasteiger partial charge in [-0.2, -0.15) is 0 Å². The van der Waals surface area contributed by atoms with Crippen LogP contribution in [0.2, 0.25) is 0 Å². The molecule has 18 heavy (non-hydrogen) atoms. The second-order valence-electron chi connectivity index (χ2n) is 5.43.